The van der Waals surface area contributed by atoms with Crippen molar-refractivity contribution in [3.63, 3.8) is 0 Å². The van der Waals surface area contributed by atoms with Gasteiger partial charge in [-0.25, -0.2) is 0 Å². The molecule has 0 aromatic heterocycles. The van der Waals surface area contributed by atoms with Crippen LogP contribution in [0.1, 0.15) is 85.5 Å². The first kappa shape index (κ1) is 25.5. The molecule has 0 heterocycles. The lowest BCUT2D eigenvalue weighted by Crippen LogP contribution is -2.12. The molecule has 0 aliphatic rings. The normalized spacial score (nSPS) is 12.0. The molecule has 0 saturated carbocycles. The molecule has 0 rings (SSSR count). The Morgan fingerprint density at radius 2 is 0.783 bits per heavy atom. The van der Waals surface area contributed by atoms with Gasteiger partial charge < -0.3 is 17.3 Å². The molecule has 0 amide bonds. The molecule has 0 unspecified atom stereocenters. The number of halogens is 4. The van der Waals surface area contributed by atoms with E-state index in [1.165, 1.54) is 57.8 Å². The lowest BCUT2D eigenvalue weighted by Gasteiger charge is -2.28. The summed E-state index contributed by atoms with van der Waals surface area (Å²) in [5, 5.41) is 0. The van der Waals surface area contributed by atoms with E-state index in [2.05, 4.69) is 27.7 Å². The van der Waals surface area contributed by atoms with Crippen LogP contribution in [0.15, 0.2) is 0 Å². The Kier molecular flexibility index (Phi) is 17.4. The van der Waals surface area contributed by atoms with Crippen molar-refractivity contribution in [2.75, 3.05) is 24.6 Å². The van der Waals surface area contributed by atoms with E-state index in [9.17, 15) is 17.3 Å². The zero-order valence-corrected chi connectivity index (χ0v) is 16.6. The van der Waals surface area contributed by atoms with E-state index in [0.29, 0.717) is 0 Å². The van der Waals surface area contributed by atoms with Gasteiger partial charge in [0, 0.05) is 7.26 Å². The Hall–Kier alpha value is 0.215. The third kappa shape index (κ3) is 20.2. The van der Waals surface area contributed by atoms with Crippen LogP contribution in [0.3, 0.4) is 0 Å². The largest absolute Gasteiger partial charge is 0.673 e. The van der Waals surface area contributed by atoms with Crippen LogP contribution in [0.25, 0.3) is 0 Å². The minimum absolute atomic E-state index is 0.575. The van der Waals surface area contributed by atoms with Gasteiger partial charge in [0.2, 0.25) is 0 Å². The predicted molar refractivity (Wildman–Crippen MR) is 101 cm³/mol. The van der Waals surface area contributed by atoms with Gasteiger partial charge in [-0.15, -0.1) is 0 Å². The summed E-state index contributed by atoms with van der Waals surface area (Å²) >= 11 is 0. The second kappa shape index (κ2) is 15.7. The van der Waals surface area contributed by atoms with E-state index in [4.69, 9.17) is 0 Å². The first-order valence-electron chi connectivity index (χ1n) is 9.47. The van der Waals surface area contributed by atoms with Crippen molar-refractivity contribution in [3.05, 3.63) is 0 Å². The highest BCUT2D eigenvalue weighted by molar-refractivity contribution is 7.75. The molecule has 0 spiro atoms. The monoisotopic (exact) mass is 360 g/mol. The molecule has 0 atom stereocenters. The van der Waals surface area contributed by atoms with Crippen molar-refractivity contribution in [2.45, 2.75) is 85.5 Å². The van der Waals surface area contributed by atoms with E-state index < -0.39 is 14.5 Å². The quantitative estimate of drug-likeness (QED) is 0.136. The Morgan fingerprint density at radius 1 is 0.522 bits per heavy atom. The third-order valence-electron chi connectivity index (χ3n) is 4.19. The molecule has 6 heteroatoms. The van der Waals surface area contributed by atoms with Crippen LogP contribution in [0.4, 0.5) is 17.3 Å². The van der Waals surface area contributed by atoms with E-state index in [1.54, 1.807) is 24.6 Å². The summed E-state index contributed by atoms with van der Waals surface area (Å²) in [4.78, 5) is 0. The molecule has 142 valence electrons. The molecular formula is C17H38BF4P. The van der Waals surface area contributed by atoms with Crippen LogP contribution < -0.4 is 0 Å². The molecule has 0 nitrogen and oxygen atoms in total. The van der Waals surface area contributed by atoms with Crippen LogP contribution >= 0.6 is 7.26 Å². The smallest absolute Gasteiger partial charge is 0.418 e. The molecule has 0 aromatic rings. The first-order chi connectivity index (χ1) is 10.7. The number of unbranched alkanes of at least 4 members (excludes halogenated alkanes) is 5. The molecule has 0 saturated heterocycles. The van der Waals surface area contributed by atoms with Crippen molar-refractivity contribution in [1.82, 2.24) is 0 Å². The molecule has 0 bridgehead atoms. The summed E-state index contributed by atoms with van der Waals surface area (Å²) in [6.07, 6.45) is 19.5. The van der Waals surface area contributed by atoms with E-state index >= 15 is 0 Å². The fraction of sp³-hybridized carbons (Fsp3) is 1.00. The van der Waals surface area contributed by atoms with Crippen molar-refractivity contribution in [1.29, 1.82) is 0 Å². The van der Waals surface area contributed by atoms with Gasteiger partial charge in [0.05, 0.1) is 24.6 Å². The second-order valence-electron chi connectivity index (χ2n) is 6.50. The maximum Gasteiger partial charge on any atom is 0.673 e. The summed E-state index contributed by atoms with van der Waals surface area (Å²) in [6.45, 7) is 9.42. The molecule has 0 aliphatic carbocycles. The summed E-state index contributed by atoms with van der Waals surface area (Å²) in [7, 11) is -6.58. The fourth-order valence-electron chi connectivity index (χ4n) is 2.85. The molecule has 0 radical (unpaired) electrons. The van der Waals surface area contributed by atoms with E-state index in [0.717, 1.165) is 0 Å². The highest BCUT2D eigenvalue weighted by atomic mass is 31.2. The number of hydrogen-bond donors (Lipinski definition) is 0. The Bertz CT molecular complexity index is 219. The molecule has 0 fully saturated rings. The highest BCUT2D eigenvalue weighted by Crippen LogP contribution is 2.61. The van der Waals surface area contributed by atoms with Crippen LogP contribution in [0.2, 0.25) is 0 Å². The summed E-state index contributed by atoms with van der Waals surface area (Å²) in [6, 6.07) is 0. The highest BCUT2D eigenvalue weighted by Gasteiger charge is 2.34. The van der Waals surface area contributed by atoms with Crippen molar-refractivity contribution in [2.24, 2.45) is 0 Å². The van der Waals surface area contributed by atoms with Gasteiger partial charge in [0.1, 0.15) is 0 Å². The molecule has 23 heavy (non-hydrogen) atoms. The SMILES string of the molecule is CCCCC[P+](CCCC)(CCCC)CCCC.F[B-](F)(F)F. The van der Waals surface area contributed by atoms with Crippen LogP contribution in [-0.4, -0.2) is 31.9 Å². The van der Waals surface area contributed by atoms with Crippen molar-refractivity contribution >= 4 is 14.5 Å². The maximum absolute atomic E-state index is 9.75. The van der Waals surface area contributed by atoms with E-state index in [1.807, 2.05) is 0 Å². The fourth-order valence-corrected chi connectivity index (χ4v) is 8.05. The lowest BCUT2D eigenvalue weighted by atomic mass is 10.3. The average molecular weight is 360 g/mol. The van der Waals surface area contributed by atoms with Gasteiger partial charge in [-0.1, -0.05) is 59.8 Å². The zero-order valence-electron chi connectivity index (χ0n) is 15.7. The summed E-state index contributed by atoms with van der Waals surface area (Å²) in [5.41, 5.74) is 0. The standard InChI is InChI=1S/C17H38P.BF4/c1-5-9-13-17-18(14-10-6-2,15-11-7-3)16-12-8-4;2-1(3,4)5/h5-17H2,1-4H3;/q+1;-1. The maximum atomic E-state index is 9.75. The summed E-state index contributed by atoms with van der Waals surface area (Å²) in [5.74, 6) is 0. The van der Waals surface area contributed by atoms with Gasteiger partial charge in [-0.2, -0.15) is 0 Å². The topological polar surface area (TPSA) is 0 Å². The number of rotatable bonds is 13. The zero-order chi connectivity index (χ0) is 18.2. The third-order valence-corrected chi connectivity index (χ3v) is 9.25. The van der Waals surface area contributed by atoms with Gasteiger partial charge >= 0.3 is 7.25 Å². The predicted octanol–water partition coefficient (Wildman–Crippen LogP) is 7.89. The first-order valence-corrected chi connectivity index (χ1v) is 12.0. The number of hydrogen-bond acceptors (Lipinski definition) is 0. The van der Waals surface area contributed by atoms with Crippen LogP contribution in [0.5, 0.6) is 0 Å². The Balaban J connectivity index is 0. The Labute approximate surface area is 142 Å². The van der Waals surface area contributed by atoms with Crippen LogP contribution in [0, 0.1) is 0 Å². The Morgan fingerprint density at radius 3 is 1.04 bits per heavy atom. The van der Waals surface area contributed by atoms with Gasteiger partial charge in [-0.05, 0) is 25.7 Å². The van der Waals surface area contributed by atoms with Gasteiger partial charge in [0.25, 0.3) is 0 Å². The average Bonchev–Trinajstić information content (AvgIpc) is 2.47. The van der Waals surface area contributed by atoms with Crippen LogP contribution in [-0.2, 0) is 0 Å². The molecule has 0 aliphatic heterocycles. The van der Waals surface area contributed by atoms with Crippen molar-refractivity contribution < 1.29 is 17.3 Å². The second-order valence-corrected chi connectivity index (χ2v) is 11.0. The van der Waals surface area contributed by atoms with Gasteiger partial charge in [0.15, 0.2) is 0 Å². The molecular weight excluding hydrogens is 322 g/mol. The minimum atomic E-state index is -6.00. The van der Waals surface area contributed by atoms with Gasteiger partial charge in [-0.3, -0.25) is 0 Å². The molecule has 0 aromatic carbocycles. The van der Waals surface area contributed by atoms with Crippen molar-refractivity contribution in [3.8, 4) is 0 Å². The summed E-state index contributed by atoms with van der Waals surface area (Å²) < 4.78 is 39.0. The molecule has 0 N–H and O–H groups in total. The lowest BCUT2D eigenvalue weighted by molar-refractivity contribution is 0.368. The minimum Gasteiger partial charge on any atom is -0.418 e. The van der Waals surface area contributed by atoms with E-state index in [-0.39, 0.29) is 0 Å².